The molecule has 0 aliphatic rings. The number of amides is 1. The molecule has 1 N–H and O–H groups in total. The molecule has 8 heteroatoms. The van der Waals surface area contributed by atoms with Gasteiger partial charge in [0.2, 0.25) is 0 Å². The van der Waals surface area contributed by atoms with Crippen LogP contribution in [0.2, 0.25) is 5.02 Å². The Bertz CT molecular complexity index is 1300. The number of carbonyl (C=O) groups excluding carboxylic acids is 2. The summed E-state index contributed by atoms with van der Waals surface area (Å²) in [6.45, 7) is 2.41. The standard InChI is InChI=1S/C26H21BrClN3O3/c1-2-34-26(33)23-15-24(18-5-9-20(27)10-6-18)31(30-23)22-13-7-19(8-14-22)25(32)29-16-17-3-11-21(28)12-4-17/h3-15H,2,16H2,1H3,(H,29,32). The number of ether oxygens (including phenoxy) is 1. The number of nitrogens with zero attached hydrogens (tertiary/aromatic N) is 2. The van der Waals surface area contributed by atoms with Gasteiger partial charge in [0.25, 0.3) is 5.91 Å². The molecular weight excluding hydrogens is 518 g/mol. The summed E-state index contributed by atoms with van der Waals surface area (Å²) in [7, 11) is 0. The van der Waals surface area contributed by atoms with E-state index in [1.165, 1.54) is 0 Å². The summed E-state index contributed by atoms with van der Waals surface area (Å²) < 4.78 is 7.74. The fourth-order valence-electron chi connectivity index (χ4n) is 3.35. The highest BCUT2D eigenvalue weighted by molar-refractivity contribution is 9.10. The minimum atomic E-state index is -0.488. The van der Waals surface area contributed by atoms with E-state index in [4.69, 9.17) is 16.3 Å². The Kier molecular flexibility index (Phi) is 7.45. The highest BCUT2D eigenvalue weighted by atomic mass is 79.9. The van der Waals surface area contributed by atoms with Gasteiger partial charge >= 0.3 is 5.97 Å². The molecule has 1 heterocycles. The normalized spacial score (nSPS) is 10.7. The van der Waals surface area contributed by atoms with E-state index in [1.54, 1.807) is 54.1 Å². The molecule has 0 saturated heterocycles. The first-order valence-electron chi connectivity index (χ1n) is 10.6. The van der Waals surface area contributed by atoms with E-state index in [9.17, 15) is 9.59 Å². The molecule has 172 valence electrons. The third-order valence-corrected chi connectivity index (χ3v) is 5.85. The van der Waals surface area contributed by atoms with Crippen LogP contribution < -0.4 is 5.32 Å². The average Bonchev–Trinajstić information content (AvgIpc) is 3.30. The first-order chi connectivity index (χ1) is 16.4. The van der Waals surface area contributed by atoms with E-state index >= 15 is 0 Å². The van der Waals surface area contributed by atoms with Gasteiger partial charge in [-0.05, 0) is 67.1 Å². The van der Waals surface area contributed by atoms with Gasteiger partial charge in [0.1, 0.15) is 0 Å². The van der Waals surface area contributed by atoms with Crippen molar-refractivity contribution in [3.8, 4) is 16.9 Å². The van der Waals surface area contributed by atoms with Crippen molar-refractivity contribution in [2.75, 3.05) is 6.61 Å². The molecule has 34 heavy (non-hydrogen) atoms. The molecule has 0 aliphatic carbocycles. The Morgan fingerprint density at radius 1 is 1.00 bits per heavy atom. The summed E-state index contributed by atoms with van der Waals surface area (Å²) in [4.78, 5) is 24.9. The van der Waals surface area contributed by atoms with Crippen molar-refractivity contribution >= 4 is 39.4 Å². The molecule has 3 aromatic carbocycles. The molecule has 0 fully saturated rings. The number of halogens is 2. The van der Waals surface area contributed by atoms with Crippen LogP contribution in [-0.4, -0.2) is 28.3 Å². The summed E-state index contributed by atoms with van der Waals surface area (Å²) in [5.41, 5.74) is 4.01. The second-order valence-electron chi connectivity index (χ2n) is 7.41. The van der Waals surface area contributed by atoms with E-state index in [0.29, 0.717) is 22.8 Å². The topological polar surface area (TPSA) is 73.2 Å². The van der Waals surface area contributed by atoms with E-state index in [-0.39, 0.29) is 18.2 Å². The first-order valence-corrected chi connectivity index (χ1v) is 11.8. The molecule has 0 bridgehead atoms. The molecule has 1 amide bonds. The van der Waals surface area contributed by atoms with Gasteiger partial charge in [-0.15, -0.1) is 0 Å². The van der Waals surface area contributed by atoms with Crippen LogP contribution in [0.1, 0.15) is 33.3 Å². The molecule has 1 aromatic heterocycles. The van der Waals surface area contributed by atoms with E-state index < -0.39 is 5.97 Å². The monoisotopic (exact) mass is 537 g/mol. The largest absolute Gasteiger partial charge is 0.461 e. The fourth-order valence-corrected chi connectivity index (χ4v) is 3.74. The minimum Gasteiger partial charge on any atom is -0.461 e. The second-order valence-corrected chi connectivity index (χ2v) is 8.76. The number of esters is 1. The van der Waals surface area contributed by atoms with Gasteiger partial charge in [0.05, 0.1) is 18.0 Å². The number of hydrogen-bond donors (Lipinski definition) is 1. The number of aromatic nitrogens is 2. The lowest BCUT2D eigenvalue weighted by Crippen LogP contribution is -2.22. The van der Waals surface area contributed by atoms with Gasteiger partial charge in [-0.2, -0.15) is 5.10 Å². The second kappa shape index (κ2) is 10.7. The third kappa shape index (κ3) is 5.55. The molecule has 0 aliphatic heterocycles. The lowest BCUT2D eigenvalue weighted by atomic mass is 10.1. The van der Waals surface area contributed by atoms with Gasteiger partial charge in [0, 0.05) is 27.2 Å². The number of benzene rings is 3. The highest BCUT2D eigenvalue weighted by Crippen LogP contribution is 2.26. The van der Waals surface area contributed by atoms with Crippen molar-refractivity contribution in [2.45, 2.75) is 13.5 Å². The Morgan fingerprint density at radius 3 is 2.32 bits per heavy atom. The smallest absolute Gasteiger partial charge is 0.358 e. The lowest BCUT2D eigenvalue weighted by Gasteiger charge is -2.10. The molecule has 0 unspecified atom stereocenters. The molecule has 0 saturated carbocycles. The predicted molar refractivity (Wildman–Crippen MR) is 135 cm³/mol. The molecule has 0 radical (unpaired) electrons. The Morgan fingerprint density at radius 2 is 1.68 bits per heavy atom. The third-order valence-electron chi connectivity index (χ3n) is 5.07. The zero-order valence-electron chi connectivity index (χ0n) is 18.3. The van der Waals surface area contributed by atoms with Gasteiger partial charge in [-0.25, -0.2) is 9.48 Å². The van der Waals surface area contributed by atoms with Gasteiger partial charge < -0.3 is 10.1 Å². The molecule has 6 nitrogen and oxygen atoms in total. The van der Waals surface area contributed by atoms with Crippen LogP contribution in [0.4, 0.5) is 0 Å². The summed E-state index contributed by atoms with van der Waals surface area (Å²) in [5.74, 6) is -0.680. The van der Waals surface area contributed by atoms with E-state index in [2.05, 4.69) is 26.3 Å². The molecular formula is C26H21BrClN3O3. The van der Waals surface area contributed by atoms with Crippen LogP contribution in [0.5, 0.6) is 0 Å². The lowest BCUT2D eigenvalue weighted by molar-refractivity contribution is 0.0519. The van der Waals surface area contributed by atoms with Crippen molar-refractivity contribution in [3.63, 3.8) is 0 Å². The zero-order chi connectivity index (χ0) is 24.1. The van der Waals surface area contributed by atoms with Crippen molar-refractivity contribution in [3.05, 3.63) is 105 Å². The summed E-state index contributed by atoms with van der Waals surface area (Å²) >= 11 is 9.35. The SMILES string of the molecule is CCOC(=O)c1cc(-c2ccc(Br)cc2)n(-c2ccc(C(=O)NCc3ccc(Cl)cc3)cc2)n1. The zero-order valence-corrected chi connectivity index (χ0v) is 20.6. The van der Waals surface area contributed by atoms with Crippen LogP contribution >= 0.6 is 27.5 Å². The van der Waals surface area contributed by atoms with Crippen molar-refractivity contribution in [1.82, 2.24) is 15.1 Å². The number of rotatable bonds is 7. The Hall–Kier alpha value is -3.42. The molecule has 0 spiro atoms. The van der Waals surface area contributed by atoms with E-state index in [0.717, 1.165) is 21.3 Å². The molecule has 4 aromatic rings. The number of nitrogens with one attached hydrogen (secondary N) is 1. The summed E-state index contributed by atoms with van der Waals surface area (Å²) in [6.07, 6.45) is 0. The molecule has 4 rings (SSSR count). The van der Waals surface area contributed by atoms with Crippen molar-refractivity contribution in [2.24, 2.45) is 0 Å². The predicted octanol–water partition coefficient (Wildman–Crippen LogP) is 6.06. The minimum absolute atomic E-state index is 0.192. The van der Waals surface area contributed by atoms with Gasteiger partial charge in [-0.3, -0.25) is 4.79 Å². The van der Waals surface area contributed by atoms with E-state index in [1.807, 2.05) is 36.4 Å². The Labute approximate surface area is 210 Å². The molecule has 0 atom stereocenters. The maximum Gasteiger partial charge on any atom is 0.358 e. The van der Waals surface area contributed by atoms with Crippen LogP contribution in [-0.2, 0) is 11.3 Å². The maximum absolute atomic E-state index is 12.6. The highest BCUT2D eigenvalue weighted by Gasteiger charge is 2.18. The van der Waals surface area contributed by atoms with Crippen LogP contribution in [0.25, 0.3) is 16.9 Å². The summed E-state index contributed by atoms with van der Waals surface area (Å²) in [6, 6.07) is 23.8. The average molecular weight is 539 g/mol. The first kappa shape index (κ1) is 23.7. The van der Waals surface area contributed by atoms with Crippen LogP contribution in [0.3, 0.4) is 0 Å². The summed E-state index contributed by atoms with van der Waals surface area (Å²) in [5, 5.41) is 8.02. The number of carbonyl (C=O) groups is 2. The maximum atomic E-state index is 12.6. The Balaban J connectivity index is 1.58. The fraction of sp³-hybridized carbons (Fsp3) is 0.115. The van der Waals surface area contributed by atoms with Gasteiger partial charge in [0.15, 0.2) is 5.69 Å². The van der Waals surface area contributed by atoms with Gasteiger partial charge in [-0.1, -0.05) is 51.8 Å². The number of hydrogen-bond acceptors (Lipinski definition) is 4. The van der Waals surface area contributed by atoms with Crippen molar-refractivity contribution < 1.29 is 14.3 Å². The van der Waals surface area contributed by atoms with Crippen molar-refractivity contribution in [1.29, 1.82) is 0 Å². The van der Waals surface area contributed by atoms with Crippen LogP contribution in [0, 0.1) is 0 Å². The van der Waals surface area contributed by atoms with Crippen LogP contribution in [0.15, 0.2) is 83.3 Å². The quantitative estimate of drug-likeness (QED) is 0.290.